The number of ether oxygens (including phenoxy) is 1. The normalized spacial score (nSPS) is 16.1. The Labute approximate surface area is 131 Å². The molecule has 2 aromatic carbocycles. The van der Waals surface area contributed by atoms with E-state index in [0.717, 1.165) is 36.3 Å². The summed E-state index contributed by atoms with van der Waals surface area (Å²) in [6, 6.07) is 15.0. The Hall–Kier alpha value is -1.47. The van der Waals surface area contributed by atoms with Crippen LogP contribution in [-0.4, -0.2) is 6.61 Å². The van der Waals surface area contributed by atoms with Crippen molar-refractivity contribution in [1.29, 1.82) is 0 Å². The molecule has 0 N–H and O–H groups in total. The molecule has 0 spiro atoms. The molecule has 0 saturated carbocycles. The lowest BCUT2D eigenvalue weighted by Crippen LogP contribution is -1.96. The molecule has 2 heteroatoms. The molecule has 0 bridgehead atoms. The van der Waals surface area contributed by atoms with Crippen LogP contribution >= 0.6 is 11.6 Å². The maximum Gasteiger partial charge on any atom is 0.122 e. The maximum atomic E-state index is 6.66. The van der Waals surface area contributed by atoms with E-state index in [9.17, 15) is 0 Å². The summed E-state index contributed by atoms with van der Waals surface area (Å²) in [5.74, 6) is 1.61. The van der Waals surface area contributed by atoms with Crippen molar-refractivity contribution < 1.29 is 4.74 Å². The van der Waals surface area contributed by atoms with Crippen molar-refractivity contribution in [2.45, 2.75) is 38.0 Å². The minimum atomic E-state index is -0.0955. The number of benzene rings is 2. The van der Waals surface area contributed by atoms with Gasteiger partial charge in [-0.05, 0) is 40.7 Å². The van der Waals surface area contributed by atoms with Gasteiger partial charge < -0.3 is 4.74 Å². The van der Waals surface area contributed by atoms with E-state index in [-0.39, 0.29) is 5.38 Å². The van der Waals surface area contributed by atoms with Gasteiger partial charge in [0, 0.05) is 6.42 Å². The molecule has 2 aromatic rings. The fraction of sp³-hybridized carbons (Fsp3) is 0.368. The third-order valence-corrected chi connectivity index (χ3v) is 4.92. The summed E-state index contributed by atoms with van der Waals surface area (Å²) in [6.07, 6.45) is 2.15. The van der Waals surface area contributed by atoms with Gasteiger partial charge >= 0.3 is 0 Å². The van der Waals surface area contributed by atoms with E-state index in [4.69, 9.17) is 16.3 Å². The van der Waals surface area contributed by atoms with Crippen molar-refractivity contribution in [3.63, 3.8) is 0 Å². The van der Waals surface area contributed by atoms with Crippen LogP contribution in [-0.2, 0) is 6.42 Å². The van der Waals surface area contributed by atoms with Crippen LogP contribution in [0.4, 0.5) is 0 Å². The molecule has 1 aliphatic heterocycles. The van der Waals surface area contributed by atoms with Gasteiger partial charge in [0.1, 0.15) is 5.75 Å². The SMILES string of the molecule is CCC(C)c1ccc(C(Cl)c2ccc3c(c2)CCO3)cc1. The van der Waals surface area contributed by atoms with Crippen LogP contribution in [0.25, 0.3) is 0 Å². The lowest BCUT2D eigenvalue weighted by atomic mass is 9.95. The van der Waals surface area contributed by atoms with Crippen molar-refractivity contribution in [2.24, 2.45) is 0 Å². The predicted octanol–water partition coefficient (Wildman–Crippen LogP) is 5.46. The monoisotopic (exact) mass is 300 g/mol. The van der Waals surface area contributed by atoms with E-state index in [2.05, 4.69) is 50.2 Å². The fourth-order valence-electron chi connectivity index (χ4n) is 2.79. The highest BCUT2D eigenvalue weighted by Gasteiger charge is 2.17. The molecule has 1 heterocycles. The zero-order valence-corrected chi connectivity index (χ0v) is 13.4. The second-order valence-corrected chi connectivity index (χ2v) is 6.24. The molecular formula is C19H21ClO. The molecule has 3 rings (SSSR count). The molecule has 0 aromatic heterocycles. The average Bonchev–Trinajstić information content (AvgIpc) is 3.01. The fourth-order valence-corrected chi connectivity index (χ4v) is 3.07. The van der Waals surface area contributed by atoms with E-state index in [1.54, 1.807) is 0 Å². The van der Waals surface area contributed by atoms with Crippen LogP contribution in [0.3, 0.4) is 0 Å². The number of halogens is 1. The van der Waals surface area contributed by atoms with Gasteiger partial charge in [-0.15, -0.1) is 11.6 Å². The minimum absolute atomic E-state index is 0.0955. The Bertz CT molecular complexity index is 618. The van der Waals surface area contributed by atoms with Crippen molar-refractivity contribution in [2.75, 3.05) is 6.61 Å². The van der Waals surface area contributed by atoms with Crippen molar-refractivity contribution in [1.82, 2.24) is 0 Å². The molecule has 2 unspecified atom stereocenters. The molecule has 0 radical (unpaired) electrons. The van der Waals surface area contributed by atoms with E-state index in [0.29, 0.717) is 5.92 Å². The summed E-state index contributed by atoms with van der Waals surface area (Å²) in [5, 5.41) is -0.0955. The molecule has 21 heavy (non-hydrogen) atoms. The number of fused-ring (bicyclic) bond motifs is 1. The summed E-state index contributed by atoms with van der Waals surface area (Å²) < 4.78 is 5.55. The maximum absolute atomic E-state index is 6.66. The summed E-state index contributed by atoms with van der Waals surface area (Å²) in [4.78, 5) is 0. The van der Waals surface area contributed by atoms with Crippen LogP contribution in [0, 0.1) is 0 Å². The molecule has 110 valence electrons. The Balaban J connectivity index is 1.83. The molecule has 0 aliphatic carbocycles. The minimum Gasteiger partial charge on any atom is -0.493 e. The molecule has 0 amide bonds. The number of alkyl halides is 1. The Kier molecular flexibility index (Phi) is 4.21. The summed E-state index contributed by atoms with van der Waals surface area (Å²) in [7, 11) is 0. The van der Waals surface area contributed by atoms with Crippen LogP contribution < -0.4 is 4.74 Å². The van der Waals surface area contributed by atoms with E-state index in [1.165, 1.54) is 11.1 Å². The Morgan fingerprint density at radius 2 is 1.71 bits per heavy atom. The van der Waals surface area contributed by atoms with Gasteiger partial charge in [0.15, 0.2) is 0 Å². The highest BCUT2D eigenvalue weighted by molar-refractivity contribution is 6.22. The van der Waals surface area contributed by atoms with Crippen LogP contribution in [0.5, 0.6) is 5.75 Å². The van der Waals surface area contributed by atoms with E-state index < -0.39 is 0 Å². The van der Waals surface area contributed by atoms with E-state index in [1.807, 2.05) is 6.07 Å². The number of hydrogen-bond donors (Lipinski definition) is 0. The summed E-state index contributed by atoms with van der Waals surface area (Å²) >= 11 is 6.66. The predicted molar refractivity (Wildman–Crippen MR) is 88.5 cm³/mol. The molecule has 0 saturated heterocycles. The lowest BCUT2D eigenvalue weighted by molar-refractivity contribution is 0.357. The molecule has 0 fully saturated rings. The van der Waals surface area contributed by atoms with Gasteiger partial charge in [-0.2, -0.15) is 0 Å². The van der Waals surface area contributed by atoms with Gasteiger partial charge in [-0.25, -0.2) is 0 Å². The molecular weight excluding hydrogens is 280 g/mol. The van der Waals surface area contributed by atoms with Crippen molar-refractivity contribution >= 4 is 11.6 Å². The smallest absolute Gasteiger partial charge is 0.122 e. The number of hydrogen-bond acceptors (Lipinski definition) is 1. The van der Waals surface area contributed by atoms with Crippen molar-refractivity contribution in [3.8, 4) is 5.75 Å². The third-order valence-electron chi connectivity index (χ3n) is 4.42. The van der Waals surface area contributed by atoms with Gasteiger partial charge in [0.25, 0.3) is 0 Å². The molecule has 1 nitrogen and oxygen atoms in total. The number of rotatable bonds is 4. The first kappa shape index (κ1) is 14.5. The zero-order chi connectivity index (χ0) is 14.8. The topological polar surface area (TPSA) is 9.23 Å². The summed E-state index contributed by atoms with van der Waals surface area (Å²) in [5.41, 5.74) is 4.96. The largest absolute Gasteiger partial charge is 0.493 e. The van der Waals surface area contributed by atoms with E-state index >= 15 is 0 Å². The second kappa shape index (κ2) is 6.11. The third kappa shape index (κ3) is 2.94. The Morgan fingerprint density at radius 3 is 2.43 bits per heavy atom. The standard InChI is InChI=1S/C19H21ClO/c1-3-13(2)14-4-6-15(7-5-14)19(20)17-8-9-18-16(12-17)10-11-21-18/h4-9,12-13,19H,3,10-11H2,1-2H3. The van der Waals surface area contributed by atoms with Gasteiger partial charge in [0.2, 0.25) is 0 Å². The highest BCUT2D eigenvalue weighted by atomic mass is 35.5. The average molecular weight is 301 g/mol. The Morgan fingerprint density at radius 1 is 1.05 bits per heavy atom. The van der Waals surface area contributed by atoms with Gasteiger partial charge in [-0.1, -0.05) is 50.2 Å². The summed E-state index contributed by atoms with van der Waals surface area (Å²) in [6.45, 7) is 5.26. The highest BCUT2D eigenvalue weighted by Crippen LogP contribution is 2.34. The zero-order valence-electron chi connectivity index (χ0n) is 12.6. The lowest BCUT2D eigenvalue weighted by Gasteiger charge is -2.14. The van der Waals surface area contributed by atoms with Gasteiger partial charge in [-0.3, -0.25) is 0 Å². The van der Waals surface area contributed by atoms with Crippen LogP contribution in [0.1, 0.15) is 53.8 Å². The van der Waals surface area contributed by atoms with Gasteiger partial charge in [0.05, 0.1) is 12.0 Å². The molecule has 2 atom stereocenters. The molecule has 1 aliphatic rings. The van der Waals surface area contributed by atoms with Crippen LogP contribution in [0.15, 0.2) is 42.5 Å². The van der Waals surface area contributed by atoms with Crippen molar-refractivity contribution in [3.05, 3.63) is 64.7 Å². The second-order valence-electron chi connectivity index (χ2n) is 5.80. The quantitative estimate of drug-likeness (QED) is 0.681. The first-order valence-electron chi connectivity index (χ1n) is 7.68. The van der Waals surface area contributed by atoms with Crippen LogP contribution in [0.2, 0.25) is 0 Å². The first-order chi connectivity index (χ1) is 10.2. The first-order valence-corrected chi connectivity index (χ1v) is 8.12.